The van der Waals surface area contributed by atoms with Crippen molar-refractivity contribution in [3.8, 4) is 0 Å². The molecule has 4 heteroatoms. The van der Waals surface area contributed by atoms with Crippen LogP contribution in [0.3, 0.4) is 0 Å². The van der Waals surface area contributed by atoms with Crippen molar-refractivity contribution in [2.24, 2.45) is 0 Å². The SMILES string of the molecule is S=C(S)Nc1cc2ccccc2[nH]1. The number of thiocarbonyl (C=S) groups is 1. The van der Waals surface area contributed by atoms with Crippen LogP contribution in [0, 0.1) is 0 Å². The largest absolute Gasteiger partial charge is 0.341 e. The number of fused-ring (bicyclic) bond motifs is 1. The van der Waals surface area contributed by atoms with Gasteiger partial charge in [0.2, 0.25) is 0 Å². The van der Waals surface area contributed by atoms with Crippen molar-refractivity contribution in [1.82, 2.24) is 4.98 Å². The second-order valence-corrected chi connectivity index (χ2v) is 3.86. The number of hydrogen-bond donors (Lipinski definition) is 3. The molecule has 0 amide bonds. The van der Waals surface area contributed by atoms with Crippen LogP contribution < -0.4 is 5.32 Å². The van der Waals surface area contributed by atoms with Crippen molar-refractivity contribution in [2.45, 2.75) is 0 Å². The molecule has 0 aliphatic carbocycles. The van der Waals surface area contributed by atoms with Crippen molar-refractivity contribution in [1.29, 1.82) is 0 Å². The zero-order chi connectivity index (χ0) is 9.26. The van der Waals surface area contributed by atoms with Gasteiger partial charge in [-0.05, 0) is 12.1 Å². The Kier molecular flexibility index (Phi) is 2.24. The summed E-state index contributed by atoms with van der Waals surface area (Å²) in [6.07, 6.45) is 0. The molecule has 2 rings (SSSR count). The van der Waals surface area contributed by atoms with Gasteiger partial charge in [0.25, 0.3) is 0 Å². The molecule has 0 aliphatic rings. The van der Waals surface area contributed by atoms with E-state index in [0.29, 0.717) is 4.32 Å². The lowest BCUT2D eigenvalue weighted by Gasteiger charge is -1.96. The molecule has 1 aromatic heterocycles. The maximum absolute atomic E-state index is 4.82. The number of hydrogen-bond acceptors (Lipinski definition) is 1. The molecule has 1 heterocycles. The summed E-state index contributed by atoms with van der Waals surface area (Å²) in [6, 6.07) is 10.0. The van der Waals surface area contributed by atoms with Gasteiger partial charge in [-0.25, -0.2) is 0 Å². The normalized spacial score (nSPS) is 10.2. The molecule has 1 aromatic carbocycles. The van der Waals surface area contributed by atoms with Crippen LogP contribution in [-0.2, 0) is 0 Å². The van der Waals surface area contributed by atoms with E-state index < -0.39 is 0 Å². The van der Waals surface area contributed by atoms with E-state index in [1.54, 1.807) is 0 Å². The van der Waals surface area contributed by atoms with E-state index in [1.165, 1.54) is 0 Å². The summed E-state index contributed by atoms with van der Waals surface area (Å²) < 4.78 is 0.464. The maximum atomic E-state index is 4.82. The molecule has 0 spiro atoms. The molecule has 0 fully saturated rings. The highest BCUT2D eigenvalue weighted by molar-refractivity contribution is 8.11. The summed E-state index contributed by atoms with van der Waals surface area (Å²) in [4.78, 5) is 3.18. The van der Waals surface area contributed by atoms with Gasteiger partial charge in [0.1, 0.15) is 10.1 Å². The average Bonchev–Trinajstić information content (AvgIpc) is 2.44. The molecule has 0 unspecified atom stereocenters. The van der Waals surface area contributed by atoms with E-state index in [4.69, 9.17) is 12.2 Å². The van der Waals surface area contributed by atoms with Crippen LogP contribution in [0.4, 0.5) is 5.82 Å². The Morgan fingerprint density at radius 3 is 2.85 bits per heavy atom. The van der Waals surface area contributed by atoms with Gasteiger partial charge >= 0.3 is 0 Å². The first-order chi connectivity index (χ1) is 6.25. The van der Waals surface area contributed by atoms with Gasteiger partial charge in [-0.2, -0.15) is 0 Å². The van der Waals surface area contributed by atoms with Crippen molar-refractivity contribution in [3.05, 3.63) is 30.3 Å². The van der Waals surface area contributed by atoms with Gasteiger partial charge in [-0.15, -0.1) is 12.6 Å². The fourth-order valence-electron chi connectivity index (χ4n) is 1.26. The van der Waals surface area contributed by atoms with E-state index in [1.807, 2.05) is 30.3 Å². The summed E-state index contributed by atoms with van der Waals surface area (Å²) in [5, 5.41) is 4.10. The van der Waals surface area contributed by atoms with Crippen LogP contribution in [0.1, 0.15) is 0 Å². The Bertz CT molecular complexity index is 415. The predicted octanol–water partition coefficient (Wildman–Crippen LogP) is 2.79. The first-order valence-electron chi connectivity index (χ1n) is 3.83. The van der Waals surface area contributed by atoms with Gasteiger partial charge in [0, 0.05) is 10.9 Å². The van der Waals surface area contributed by atoms with E-state index in [2.05, 4.69) is 22.9 Å². The number of anilines is 1. The van der Waals surface area contributed by atoms with Crippen LogP contribution >= 0.6 is 24.8 Å². The zero-order valence-electron chi connectivity index (χ0n) is 6.74. The third-order valence-electron chi connectivity index (χ3n) is 1.77. The monoisotopic (exact) mass is 208 g/mol. The van der Waals surface area contributed by atoms with Crippen molar-refractivity contribution in [3.63, 3.8) is 0 Å². The standard InChI is InChI=1S/C9H8N2S2/c12-9(13)11-8-5-6-3-1-2-4-7(6)10-8/h1-5,10H,(H2,11,12,13). The van der Waals surface area contributed by atoms with Crippen LogP contribution in [0.15, 0.2) is 30.3 Å². The number of benzene rings is 1. The summed E-state index contributed by atoms with van der Waals surface area (Å²) in [6.45, 7) is 0. The second-order valence-electron chi connectivity index (χ2n) is 2.70. The summed E-state index contributed by atoms with van der Waals surface area (Å²) in [7, 11) is 0. The average molecular weight is 208 g/mol. The van der Waals surface area contributed by atoms with Crippen LogP contribution in [-0.4, -0.2) is 9.30 Å². The summed E-state index contributed by atoms with van der Waals surface area (Å²) in [5.41, 5.74) is 1.09. The van der Waals surface area contributed by atoms with Crippen LogP contribution in [0.2, 0.25) is 0 Å². The molecule has 66 valence electrons. The van der Waals surface area contributed by atoms with E-state index in [9.17, 15) is 0 Å². The summed E-state index contributed by atoms with van der Waals surface area (Å²) >= 11 is 8.81. The number of H-pyrrole nitrogens is 1. The number of para-hydroxylation sites is 1. The fourth-order valence-corrected chi connectivity index (χ4v) is 1.49. The minimum Gasteiger partial charge on any atom is -0.341 e. The smallest absolute Gasteiger partial charge is 0.136 e. The number of aromatic amines is 1. The first kappa shape index (κ1) is 8.59. The molecule has 13 heavy (non-hydrogen) atoms. The van der Waals surface area contributed by atoms with Gasteiger partial charge in [0.15, 0.2) is 0 Å². The minimum absolute atomic E-state index is 0.464. The molecule has 2 aromatic rings. The quantitative estimate of drug-likeness (QED) is 0.496. The molecular weight excluding hydrogens is 200 g/mol. The molecular formula is C9H8N2S2. The van der Waals surface area contributed by atoms with Crippen LogP contribution in [0.25, 0.3) is 10.9 Å². The Morgan fingerprint density at radius 2 is 2.15 bits per heavy atom. The lowest BCUT2D eigenvalue weighted by atomic mass is 10.2. The molecule has 0 atom stereocenters. The molecule has 0 saturated heterocycles. The van der Waals surface area contributed by atoms with Crippen molar-refractivity contribution >= 4 is 45.9 Å². The fraction of sp³-hybridized carbons (Fsp3) is 0. The molecule has 0 bridgehead atoms. The number of aromatic nitrogens is 1. The highest BCUT2D eigenvalue weighted by atomic mass is 32.1. The number of thiol groups is 1. The van der Waals surface area contributed by atoms with Gasteiger partial charge < -0.3 is 10.3 Å². The Hall–Kier alpha value is -1.00. The Labute approximate surface area is 86.8 Å². The molecule has 2 nitrogen and oxygen atoms in total. The molecule has 0 aliphatic heterocycles. The van der Waals surface area contributed by atoms with Crippen molar-refractivity contribution < 1.29 is 0 Å². The third-order valence-corrected chi connectivity index (χ3v) is 1.99. The highest BCUT2D eigenvalue weighted by Gasteiger charge is 1.98. The summed E-state index contributed by atoms with van der Waals surface area (Å²) in [5.74, 6) is 0.876. The minimum atomic E-state index is 0.464. The number of nitrogens with one attached hydrogen (secondary N) is 2. The van der Waals surface area contributed by atoms with E-state index in [0.717, 1.165) is 16.7 Å². The van der Waals surface area contributed by atoms with Gasteiger partial charge in [-0.3, -0.25) is 0 Å². The Morgan fingerprint density at radius 1 is 1.38 bits per heavy atom. The lowest BCUT2D eigenvalue weighted by molar-refractivity contribution is 1.46. The van der Waals surface area contributed by atoms with Crippen LogP contribution in [0.5, 0.6) is 0 Å². The van der Waals surface area contributed by atoms with E-state index >= 15 is 0 Å². The third kappa shape index (κ3) is 1.84. The number of rotatable bonds is 1. The zero-order valence-corrected chi connectivity index (χ0v) is 8.45. The first-order valence-corrected chi connectivity index (χ1v) is 4.69. The molecule has 0 saturated carbocycles. The van der Waals surface area contributed by atoms with Gasteiger partial charge in [-0.1, -0.05) is 30.4 Å². The lowest BCUT2D eigenvalue weighted by Crippen LogP contribution is -2.00. The van der Waals surface area contributed by atoms with E-state index in [-0.39, 0.29) is 0 Å². The Balaban J connectivity index is 2.44. The molecule has 0 radical (unpaired) electrons. The maximum Gasteiger partial charge on any atom is 0.136 e. The molecule has 2 N–H and O–H groups in total. The van der Waals surface area contributed by atoms with Gasteiger partial charge in [0.05, 0.1) is 0 Å². The predicted molar refractivity (Wildman–Crippen MR) is 63.5 cm³/mol. The topological polar surface area (TPSA) is 27.8 Å². The van der Waals surface area contributed by atoms with Crippen molar-refractivity contribution in [2.75, 3.05) is 5.32 Å². The second kappa shape index (κ2) is 3.40. The highest BCUT2D eigenvalue weighted by Crippen LogP contribution is 2.18.